The third kappa shape index (κ3) is 7.44. The lowest BCUT2D eigenvalue weighted by atomic mass is 10.1. The molecular weight excluding hydrogens is 435 g/mol. The molecule has 5 nitrogen and oxygen atoms in total. The second-order valence-electron chi connectivity index (χ2n) is 7.59. The first-order valence-electron chi connectivity index (χ1n) is 10.5. The number of hydrogen-bond acceptors (Lipinski definition) is 3. The molecular formula is C24H30Cl2N2O3. The molecule has 0 fully saturated rings. The minimum Gasteiger partial charge on any atom is -0.484 e. The maximum absolute atomic E-state index is 13.2. The van der Waals surface area contributed by atoms with E-state index in [9.17, 15) is 9.59 Å². The molecule has 7 heteroatoms. The van der Waals surface area contributed by atoms with E-state index < -0.39 is 6.04 Å². The lowest BCUT2D eigenvalue weighted by Crippen LogP contribution is -2.51. The fourth-order valence-electron chi connectivity index (χ4n) is 3.08. The molecule has 168 valence electrons. The summed E-state index contributed by atoms with van der Waals surface area (Å²) in [5.74, 6) is 0.119. The Morgan fingerprint density at radius 3 is 2.32 bits per heavy atom. The molecule has 0 unspecified atom stereocenters. The Kier molecular flexibility index (Phi) is 9.66. The number of halogens is 2. The van der Waals surface area contributed by atoms with Crippen molar-refractivity contribution < 1.29 is 14.3 Å². The Morgan fingerprint density at radius 2 is 1.74 bits per heavy atom. The van der Waals surface area contributed by atoms with Crippen LogP contribution in [-0.2, 0) is 16.1 Å². The van der Waals surface area contributed by atoms with Gasteiger partial charge in [0.2, 0.25) is 5.91 Å². The Balaban J connectivity index is 2.21. The Morgan fingerprint density at radius 1 is 1.06 bits per heavy atom. The minimum atomic E-state index is -0.604. The van der Waals surface area contributed by atoms with E-state index in [0.717, 1.165) is 17.5 Å². The van der Waals surface area contributed by atoms with E-state index in [-0.39, 0.29) is 31.0 Å². The van der Waals surface area contributed by atoms with Gasteiger partial charge in [0.15, 0.2) is 6.61 Å². The van der Waals surface area contributed by atoms with Crippen LogP contribution in [0.2, 0.25) is 10.0 Å². The van der Waals surface area contributed by atoms with Crippen LogP contribution in [0.3, 0.4) is 0 Å². The van der Waals surface area contributed by atoms with Crippen molar-refractivity contribution in [2.24, 2.45) is 0 Å². The number of benzene rings is 2. The van der Waals surface area contributed by atoms with Gasteiger partial charge < -0.3 is 15.0 Å². The SMILES string of the molecule is CC[C@H](C)NC(=O)[C@H](CC)N(Cc1ccc(Cl)cc1)C(=O)COc1ccc(Cl)c(C)c1. The van der Waals surface area contributed by atoms with Gasteiger partial charge in [-0.25, -0.2) is 0 Å². The molecule has 0 heterocycles. The van der Waals surface area contributed by atoms with E-state index in [0.29, 0.717) is 22.2 Å². The summed E-state index contributed by atoms with van der Waals surface area (Å²) in [6.07, 6.45) is 1.30. The molecule has 2 atom stereocenters. The number of nitrogens with zero attached hydrogens (tertiary/aromatic N) is 1. The lowest BCUT2D eigenvalue weighted by Gasteiger charge is -2.31. The Labute approximate surface area is 194 Å². The third-order valence-electron chi connectivity index (χ3n) is 5.14. The topological polar surface area (TPSA) is 58.6 Å². The van der Waals surface area contributed by atoms with Crippen molar-refractivity contribution in [3.8, 4) is 5.75 Å². The average molecular weight is 465 g/mol. The van der Waals surface area contributed by atoms with Crippen molar-refractivity contribution in [1.82, 2.24) is 10.2 Å². The van der Waals surface area contributed by atoms with Crippen LogP contribution >= 0.6 is 23.2 Å². The van der Waals surface area contributed by atoms with E-state index in [2.05, 4.69) is 5.32 Å². The maximum Gasteiger partial charge on any atom is 0.261 e. The van der Waals surface area contributed by atoms with Crippen molar-refractivity contribution in [1.29, 1.82) is 0 Å². The summed E-state index contributed by atoms with van der Waals surface area (Å²) in [5, 5.41) is 4.24. The number of nitrogens with one attached hydrogen (secondary N) is 1. The van der Waals surface area contributed by atoms with Gasteiger partial charge in [-0.3, -0.25) is 9.59 Å². The maximum atomic E-state index is 13.2. The molecule has 2 rings (SSSR count). The summed E-state index contributed by atoms with van der Waals surface area (Å²) in [4.78, 5) is 27.7. The van der Waals surface area contributed by atoms with Crippen LogP contribution in [0.25, 0.3) is 0 Å². The second kappa shape index (κ2) is 12.0. The van der Waals surface area contributed by atoms with Gasteiger partial charge in [-0.15, -0.1) is 0 Å². The quantitative estimate of drug-likeness (QED) is 0.511. The molecule has 0 radical (unpaired) electrons. The fraction of sp³-hybridized carbons (Fsp3) is 0.417. The number of carbonyl (C=O) groups excluding carboxylic acids is 2. The van der Waals surface area contributed by atoms with Gasteiger partial charge in [0.05, 0.1) is 0 Å². The molecule has 1 N–H and O–H groups in total. The molecule has 2 amide bonds. The summed E-state index contributed by atoms with van der Waals surface area (Å²) in [7, 11) is 0. The predicted molar refractivity (Wildman–Crippen MR) is 126 cm³/mol. The molecule has 31 heavy (non-hydrogen) atoms. The van der Waals surface area contributed by atoms with Gasteiger partial charge in [-0.05, 0) is 68.1 Å². The fourth-order valence-corrected chi connectivity index (χ4v) is 3.33. The Hall–Kier alpha value is -2.24. The van der Waals surface area contributed by atoms with E-state index in [1.165, 1.54) is 0 Å². The monoisotopic (exact) mass is 464 g/mol. The first-order chi connectivity index (χ1) is 14.7. The number of aryl methyl sites for hydroxylation is 1. The molecule has 0 aromatic heterocycles. The van der Waals surface area contributed by atoms with Gasteiger partial charge in [0.25, 0.3) is 5.91 Å². The number of carbonyl (C=O) groups is 2. The van der Waals surface area contributed by atoms with Crippen LogP contribution in [0.4, 0.5) is 0 Å². The molecule has 0 aliphatic rings. The summed E-state index contributed by atoms with van der Waals surface area (Å²) in [5.41, 5.74) is 1.75. The van der Waals surface area contributed by atoms with Gasteiger partial charge in [-0.2, -0.15) is 0 Å². The highest BCUT2D eigenvalue weighted by Crippen LogP contribution is 2.21. The number of ether oxygens (including phenoxy) is 1. The first kappa shape index (κ1) is 25.0. The van der Waals surface area contributed by atoms with Crippen LogP contribution in [0.15, 0.2) is 42.5 Å². The standard InChI is InChI=1S/C24H30Cl2N2O3/c1-5-17(4)27-24(30)22(6-2)28(14-18-7-9-19(25)10-8-18)23(29)15-31-20-11-12-21(26)16(3)13-20/h7-13,17,22H,5-6,14-15H2,1-4H3,(H,27,30)/t17-,22-/m0/s1. The van der Waals surface area contributed by atoms with Gasteiger partial charge in [0, 0.05) is 22.6 Å². The largest absolute Gasteiger partial charge is 0.484 e. The average Bonchev–Trinajstić information content (AvgIpc) is 2.75. The van der Waals surface area contributed by atoms with Crippen molar-refractivity contribution in [2.45, 2.75) is 59.2 Å². The predicted octanol–water partition coefficient (Wildman–Crippen LogP) is 5.40. The van der Waals surface area contributed by atoms with Crippen molar-refractivity contribution >= 4 is 35.0 Å². The molecule has 2 aromatic carbocycles. The van der Waals surface area contributed by atoms with Crippen LogP contribution < -0.4 is 10.1 Å². The molecule has 2 aromatic rings. The summed E-state index contributed by atoms with van der Waals surface area (Å²) < 4.78 is 5.72. The molecule has 0 aliphatic carbocycles. The van der Waals surface area contributed by atoms with E-state index in [1.807, 2.05) is 39.8 Å². The van der Waals surface area contributed by atoms with Crippen LogP contribution in [0.5, 0.6) is 5.75 Å². The number of amides is 2. The first-order valence-corrected chi connectivity index (χ1v) is 11.2. The highest BCUT2D eigenvalue weighted by atomic mass is 35.5. The van der Waals surface area contributed by atoms with E-state index in [1.54, 1.807) is 35.2 Å². The van der Waals surface area contributed by atoms with Crippen molar-refractivity contribution in [2.75, 3.05) is 6.61 Å². The van der Waals surface area contributed by atoms with Crippen LogP contribution in [0.1, 0.15) is 44.7 Å². The van der Waals surface area contributed by atoms with Gasteiger partial charge in [-0.1, -0.05) is 49.2 Å². The molecule has 0 spiro atoms. The summed E-state index contributed by atoms with van der Waals surface area (Å²) in [6.45, 7) is 7.82. The van der Waals surface area contributed by atoms with Gasteiger partial charge in [0.1, 0.15) is 11.8 Å². The smallest absolute Gasteiger partial charge is 0.261 e. The second-order valence-corrected chi connectivity index (χ2v) is 8.43. The van der Waals surface area contributed by atoms with Crippen molar-refractivity contribution in [3.05, 3.63) is 63.6 Å². The highest BCUT2D eigenvalue weighted by molar-refractivity contribution is 6.31. The Bertz CT molecular complexity index is 887. The van der Waals surface area contributed by atoms with Crippen LogP contribution in [0, 0.1) is 6.92 Å². The molecule has 0 bridgehead atoms. The molecule has 0 saturated carbocycles. The lowest BCUT2D eigenvalue weighted by molar-refractivity contribution is -0.143. The zero-order valence-corrected chi connectivity index (χ0v) is 20.0. The summed E-state index contributed by atoms with van der Waals surface area (Å²) >= 11 is 12.1. The van der Waals surface area contributed by atoms with E-state index in [4.69, 9.17) is 27.9 Å². The molecule has 0 saturated heterocycles. The minimum absolute atomic E-state index is 0.0299. The highest BCUT2D eigenvalue weighted by Gasteiger charge is 2.29. The zero-order valence-electron chi connectivity index (χ0n) is 18.5. The van der Waals surface area contributed by atoms with Gasteiger partial charge >= 0.3 is 0 Å². The van der Waals surface area contributed by atoms with E-state index >= 15 is 0 Å². The number of hydrogen-bond donors (Lipinski definition) is 1. The number of rotatable bonds is 10. The zero-order chi connectivity index (χ0) is 23.0. The van der Waals surface area contributed by atoms with Crippen LogP contribution in [-0.4, -0.2) is 35.4 Å². The normalized spacial score (nSPS) is 12.7. The van der Waals surface area contributed by atoms with Crippen molar-refractivity contribution in [3.63, 3.8) is 0 Å². The molecule has 0 aliphatic heterocycles. The summed E-state index contributed by atoms with van der Waals surface area (Å²) in [6, 6.07) is 11.9. The third-order valence-corrected chi connectivity index (χ3v) is 5.82.